The Balaban J connectivity index is 2.96. The van der Waals surface area contributed by atoms with Gasteiger partial charge < -0.3 is 14.8 Å². The van der Waals surface area contributed by atoms with Gasteiger partial charge in [0.05, 0.1) is 13.2 Å². The fourth-order valence-corrected chi connectivity index (χ4v) is 1.79. The largest absolute Gasteiger partial charge is 0.379 e. The minimum atomic E-state index is 0.0373. The number of hydrogen-bond donors (Lipinski definition) is 1. The van der Waals surface area contributed by atoms with Gasteiger partial charge in [0.1, 0.15) is 0 Å². The van der Waals surface area contributed by atoms with Crippen molar-refractivity contribution in [3.05, 3.63) is 0 Å². The molecule has 0 saturated carbocycles. The number of unbranched alkanes of at least 4 members (excludes halogenated alkanes) is 2. The van der Waals surface area contributed by atoms with Gasteiger partial charge >= 0.3 is 0 Å². The highest BCUT2D eigenvalue weighted by Crippen LogP contribution is 2.05. The van der Waals surface area contributed by atoms with Gasteiger partial charge in [-0.25, -0.2) is 0 Å². The first kappa shape index (κ1) is 16.7. The summed E-state index contributed by atoms with van der Waals surface area (Å²) >= 11 is 1.32. The van der Waals surface area contributed by atoms with Gasteiger partial charge in [0, 0.05) is 26.0 Å². The molecule has 17 heavy (non-hydrogen) atoms. The molecule has 0 aromatic carbocycles. The van der Waals surface area contributed by atoms with Crippen molar-refractivity contribution < 1.29 is 14.3 Å². The van der Waals surface area contributed by atoms with E-state index in [1.54, 1.807) is 7.05 Å². The van der Waals surface area contributed by atoms with Crippen LogP contribution >= 0.6 is 11.8 Å². The molecule has 102 valence electrons. The quantitative estimate of drug-likeness (QED) is 0.582. The minimum absolute atomic E-state index is 0.0373. The van der Waals surface area contributed by atoms with E-state index < -0.39 is 0 Å². The monoisotopic (exact) mass is 263 g/mol. The van der Waals surface area contributed by atoms with Crippen molar-refractivity contribution in [2.24, 2.45) is 0 Å². The first-order valence-electron chi connectivity index (χ1n) is 6.31. The summed E-state index contributed by atoms with van der Waals surface area (Å²) in [5.41, 5.74) is 0. The summed E-state index contributed by atoms with van der Waals surface area (Å²) < 4.78 is 10.8. The molecule has 0 aromatic heterocycles. The van der Waals surface area contributed by atoms with Crippen LogP contribution in [0.15, 0.2) is 0 Å². The molecule has 5 heteroatoms. The summed E-state index contributed by atoms with van der Waals surface area (Å²) in [5.74, 6) is 0.857. The first-order valence-corrected chi connectivity index (χ1v) is 7.29. The molecule has 4 nitrogen and oxygen atoms in total. The van der Waals surface area contributed by atoms with Crippen molar-refractivity contribution in [2.75, 3.05) is 39.2 Å². The van der Waals surface area contributed by atoms with Gasteiger partial charge in [0.2, 0.25) is 0 Å². The first-order chi connectivity index (χ1) is 8.31. The van der Waals surface area contributed by atoms with Gasteiger partial charge in [0.25, 0.3) is 5.24 Å². The number of hydrogen-bond acceptors (Lipinski definition) is 4. The molecule has 0 aromatic rings. The number of thioether (sulfide) groups is 1. The molecule has 0 bridgehead atoms. The van der Waals surface area contributed by atoms with Crippen LogP contribution in [-0.2, 0) is 9.47 Å². The molecule has 0 aliphatic heterocycles. The molecular formula is C12H25NO3S. The second-order valence-electron chi connectivity index (χ2n) is 3.67. The lowest BCUT2D eigenvalue weighted by atomic mass is 10.4. The molecule has 0 radical (unpaired) electrons. The Hall–Kier alpha value is -0.260. The fraction of sp³-hybridized carbons (Fsp3) is 0.917. The fourth-order valence-electron chi connectivity index (χ4n) is 1.11. The Morgan fingerprint density at radius 3 is 2.29 bits per heavy atom. The zero-order valence-electron chi connectivity index (χ0n) is 11.0. The molecule has 0 aliphatic carbocycles. The predicted octanol–water partition coefficient (Wildman–Crippen LogP) is 2.67. The van der Waals surface area contributed by atoms with Gasteiger partial charge in [-0.1, -0.05) is 25.1 Å². The molecule has 0 saturated heterocycles. The molecule has 1 amide bonds. The summed E-state index contributed by atoms with van der Waals surface area (Å²) in [5, 5.41) is 2.61. The van der Waals surface area contributed by atoms with Crippen molar-refractivity contribution in [3.63, 3.8) is 0 Å². The molecule has 0 aliphatic rings. The van der Waals surface area contributed by atoms with E-state index in [9.17, 15) is 4.79 Å². The van der Waals surface area contributed by atoms with E-state index in [1.807, 2.05) is 0 Å². The maximum atomic E-state index is 10.9. The van der Waals surface area contributed by atoms with Crippen molar-refractivity contribution in [1.29, 1.82) is 0 Å². The van der Waals surface area contributed by atoms with Gasteiger partial charge in [-0.15, -0.1) is 0 Å². The number of ether oxygens (including phenoxy) is 2. The van der Waals surface area contributed by atoms with E-state index in [-0.39, 0.29) is 5.24 Å². The van der Waals surface area contributed by atoms with Gasteiger partial charge in [-0.05, 0) is 19.3 Å². The highest BCUT2D eigenvalue weighted by Gasteiger charge is 1.97. The number of carbonyl (C=O) groups is 1. The Morgan fingerprint density at radius 1 is 1.06 bits per heavy atom. The molecule has 0 fully saturated rings. The Kier molecular flexibility index (Phi) is 13.6. The van der Waals surface area contributed by atoms with Crippen LogP contribution in [0.5, 0.6) is 0 Å². The van der Waals surface area contributed by atoms with Crippen molar-refractivity contribution >= 4 is 17.0 Å². The average Bonchev–Trinajstić information content (AvgIpc) is 2.35. The highest BCUT2D eigenvalue weighted by molar-refractivity contribution is 8.13. The third-order valence-corrected chi connectivity index (χ3v) is 3.09. The van der Waals surface area contributed by atoms with E-state index in [1.165, 1.54) is 18.2 Å². The van der Waals surface area contributed by atoms with Gasteiger partial charge in [0.15, 0.2) is 0 Å². The standard InChI is InChI=1S/C12H25NO3S/c1-3-4-7-15-9-10-16-8-5-6-11-17-12(14)13-2/h3-11H2,1-2H3,(H,13,14). The molecule has 0 atom stereocenters. The zero-order valence-corrected chi connectivity index (χ0v) is 11.8. The topological polar surface area (TPSA) is 47.6 Å². The van der Waals surface area contributed by atoms with E-state index in [0.717, 1.165) is 38.2 Å². The SMILES string of the molecule is CCCCOCCOCCCCSC(=O)NC. The Morgan fingerprint density at radius 2 is 1.71 bits per heavy atom. The lowest BCUT2D eigenvalue weighted by molar-refractivity contribution is 0.0458. The van der Waals surface area contributed by atoms with E-state index in [0.29, 0.717) is 13.2 Å². The second kappa shape index (κ2) is 13.8. The molecule has 0 rings (SSSR count). The second-order valence-corrected chi connectivity index (χ2v) is 4.74. The molecular weight excluding hydrogens is 238 g/mol. The average molecular weight is 263 g/mol. The van der Waals surface area contributed by atoms with Crippen LogP contribution in [0, 0.1) is 0 Å². The number of amides is 1. The molecule has 0 unspecified atom stereocenters. The minimum Gasteiger partial charge on any atom is -0.379 e. The Labute approximate surface area is 109 Å². The van der Waals surface area contributed by atoms with Crippen molar-refractivity contribution in [2.45, 2.75) is 32.6 Å². The van der Waals surface area contributed by atoms with Gasteiger partial charge in [-0.3, -0.25) is 4.79 Å². The normalized spacial score (nSPS) is 10.5. The summed E-state index contributed by atoms with van der Waals surface area (Å²) in [6.45, 7) is 5.10. The third kappa shape index (κ3) is 13.7. The Bertz CT molecular complexity index is 179. The lowest BCUT2D eigenvalue weighted by Gasteiger charge is -2.05. The van der Waals surface area contributed by atoms with Crippen LogP contribution in [-0.4, -0.2) is 44.5 Å². The maximum Gasteiger partial charge on any atom is 0.278 e. The number of carbonyl (C=O) groups excluding carboxylic acids is 1. The van der Waals surface area contributed by atoms with Crippen molar-refractivity contribution in [1.82, 2.24) is 5.32 Å². The summed E-state index contributed by atoms with van der Waals surface area (Å²) in [7, 11) is 1.65. The van der Waals surface area contributed by atoms with Crippen molar-refractivity contribution in [3.8, 4) is 0 Å². The summed E-state index contributed by atoms with van der Waals surface area (Å²) in [6.07, 6.45) is 4.30. The van der Waals surface area contributed by atoms with E-state index in [4.69, 9.17) is 9.47 Å². The highest BCUT2D eigenvalue weighted by atomic mass is 32.2. The van der Waals surface area contributed by atoms with Gasteiger partial charge in [-0.2, -0.15) is 0 Å². The lowest BCUT2D eigenvalue weighted by Crippen LogP contribution is -2.12. The van der Waals surface area contributed by atoms with Crippen LogP contribution in [0.3, 0.4) is 0 Å². The van der Waals surface area contributed by atoms with Crippen LogP contribution in [0.4, 0.5) is 4.79 Å². The molecule has 1 N–H and O–H groups in total. The third-order valence-electron chi connectivity index (χ3n) is 2.13. The number of rotatable bonds is 11. The molecule has 0 spiro atoms. The summed E-state index contributed by atoms with van der Waals surface area (Å²) in [4.78, 5) is 10.9. The predicted molar refractivity (Wildman–Crippen MR) is 72.7 cm³/mol. The van der Waals surface area contributed by atoms with Crippen LogP contribution in [0.25, 0.3) is 0 Å². The van der Waals surface area contributed by atoms with Crippen LogP contribution in [0.1, 0.15) is 32.6 Å². The molecule has 0 heterocycles. The van der Waals surface area contributed by atoms with E-state index >= 15 is 0 Å². The van der Waals surface area contributed by atoms with Crippen LogP contribution < -0.4 is 5.32 Å². The summed E-state index contributed by atoms with van der Waals surface area (Å²) in [6, 6.07) is 0. The zero-order chi connectivity index (χ0) is 12.8. The van der Waals surface area contributed by atoms with E-state index in [2.05, 4.69) is 12.2 Å². The van der Waals surface area contributed by atoms with Crippen LogP contribution in [0.2, 0.25) is 0 Å². The number of nitrogens with one attached hydrogen (secondary N) is 1. The smallest absolute Gasteiger partial charge is 0.278 e. The maximum absolute atomic E-state index is 10.9.